The van der Waals surface area contributed by atoms with Crippen LogP contribution >= 0.6 is 0 Å². The van der Waals surface area contributed by atoms with Crippen LogP contribution in [-0.4, -0.2) is 58.5 Å². The molecule has 0 radical (unpaired) electrons. The van der Waals surface area contributed by atoms with Gasteiger partial charge in [0.2, 0.25) is 6.29 Å². The minimum Gasteiger partial charge on any atom is -0.429 e. The standard InChI is InChI=1S/C13H18N2O6/c14-15-6-8-9(16)10(17)11(18)13(20-8)21-12(19)7-4-2-1-3-5-7/h1-5,8-11,13,15-18H,6,14H2/t8-,9-,10+,11-,13?/m1/s1. The summed E-state index contributed by atoms with van der Waals surface area (Å²) in [5.41, 5.74) is 2.57. The maximum atomic E-state index is 11.9. The molecule has 1 aromatic carbocycles. The van der Waals surface area contributed by atoms with Gasteiger partial charge in [-0.15, -0.1) is 0 Å². The van der Waals surface area contributed by atoms with Gasteiger partial charge in [0.1, 0.15) is 24.4 Å². The molecule has 0 bridgehead atoms. The Morgan fingerprint density at radius 2 is 1.86 bits per heavy atom. The molecule has 1 aromatic rings. The lowest BCUT2D eigenvalue weighted by molar-refractivity contribution is -0.279. The summed E-state index contributed by atoms with van der Waals surface area (Å²) in [7, 11) is 0. The summed E-state index contributed by atoms with van der Waals surface area (Å²) in [5, 5.41) is 29.3. The molecular weight excluding hydrogens is 280 g/mol. The van der Waals surface area contributed by atoms with Crippen molar-refractivity contribution in [3.63, 3.8) is 0 Å². The smallest absolute Gasteiger partial charge is 0.340 e. The van der Waals surface area contributed by atoms with Gasteiger partial charge in [-0.05, 0) is 12.1 Å². The molecule has 2 rings (SSSR count). The van der Waals surface area contributed by atoms with E-state index in [4.69, 9.17) is 15.3 Å². The molecule has 0 spiro atoms. The highest BCUT2D eigenvalue weighted by atomic mass is 16.7. The third kappa shape index (κ3) is 3.56. The minimum atomic E-state index is -1.55. The highest BCUT2D eigenvalue weighted by molar-refractivity contribution is 5.89. The monoisotopic (exact) mass is 298 g/mol. The molecule has 1 aliphatic rings. The van der Waals surface area contributed by atoms with E-state index < -0.39 is 36.7 Å². The second kappa shape index (κ2) is 6.94. The van der Waals surface area contributed by atoms with Crippen molar-refractivity contribution in [2.45, 2.75) is 30.7 Å². The Bertz CT molecular complexity index is 471. The molecule has 1 fully saturated rings. The Kier molecular flexibility index (Phi) is 5.23. The van der Waals surface area contributed by atoms with Gasteiger partial charge in [0.25, 0.3) is 0 Å². The lowest BCUT2D eigenvalue weighted by atomic mass is 9.99. The minimum absolute atomic E-state index is 0.0182. The Balaban J connectivity index is 2.06. The first-order chi connectivity index (χ1) is 10.0. The average molecular weight is 298 g/mol. The summed E-state index contributed by atoms with van der Waals surface area (Å²) in [6, 6.07) is 8.15. The number of esters is 1. The van der Waals surface area contributed by atoms with E-state index in [0.29, 0.717) is 0 Å². The molecule has 0 aromatic heterocycles. The predicted molar refractivity (Wildman–Crippen MR) is 70.7 cm³/mol. The molecule has 8 nitrogen and oxygen atoms in total. The van der Waals surface area contributed by atoms with E-state index in [9.17, 15) is 20.1 Å². The Morgan fingerprint density at radius 1 is 1.19 bits per heavy atom. The van der Waals surface area contributed by atoms with Crippen molar-refractivity contribution in [2.24, 2.45) is 5.84 Å². The van der Waals surface area contributed by atoms with Gasteiger partial charge in [-0.3, -0.25) is 11.3 Å². The van der Waals surface area contributed by atoms with Crippen LogP contribution in [0.5, 0.6) is 0 Å². The summed E-state index contributed by atoms with van der Waals surface area (Å²) in [5.74, 6) is 4.44. The van der Waals surface area contributed by atoms with Crippen LogP contribution in [0.1, 0.15) is 10.4 Å². The zero-order valence-corrected chi connectivity index (χ0v) is 11.1. The number of nitrogens with one attached hydrogen (secondary N) is 1. The molecule has 6 N–H and O–H groups in total. The Morgan fingerprint density at radius 3 is 2.48 bits per heavy atom. The number of carbonyl (C=O) groups is 1. The molecule has 1 heterocycles. The number of carbonyl (C=O) groups excluding carboxylic acids is 1. The van der Waals surface area contributed by atoms with Crippen molar-refractivity contribution in [1.82, 2.24) is 5.43 Å². The molecule has 1 saturated heterocycles. The average Bonchev–Trinajstić information content (AvgIpc) is 2.51. The van der Waals surface area contributed by atoms with Crippen molar-refractivity contribution in [2.75, 3.05) is 6.54 Å². The normalized spacial score (nSPS) is 32.7. The van der Waals surface area contributed by atoms with Crippen LogP contribution in [0.25, 0.3) is 0 Å². The molecule has 1 aliphatic heterocycles. The molecule has 5 atom stereocenters. The van der Waals surface area contributed by atoms with Gasteiger partial charge in [0.05, 0.1) is 5.56 Å². The van der Waals surface area contributed by atoms with E-state index in [1.807, 2.05) is 0 Å². The van der Waals surface area contributed by atoms with Crippen molar-refractivity contribution in [3.05, 3.63) is 35.9 Å². The number of rotatable bonds is 4. The first-order valence-electron chi connectivity index (χ1n) is 6.43. The van der Waals surface area contributed by atoms with Gasteiger partial charge >= 0.3 is 5.97 Å². The molecule has 116 valence electrons. The van der Waals surface area contributed by atoms with Gasteiger partial charge < -0.3 is 24.8 Å². The van der Waals surface area contributed by atoms with Gasteiger partial charge in [-0.1, -0.05) is 18.2 Å². The number of hydrazine groups is 1. The van der Waals surface area contributed by atoms with Crippen molar-refractivity contribution in [3.8, 4) is 0 Å². The number of nitrogens with two attached hydrogens (primary N) is 1. The van der Waals surface area contributed by atoms with Crippen LogP contribution in [0.4, 0.5) is 0 Å². The lowest BCUT2D eigenvalue weighted by Crippen LogP contribution is -2.61. The summed E-state index contributed by atoms with van der Waals surface area (Å²) in [4.78, 5) is 11.9. The van der Waals surface area contributed by atoms with Gasteiger partial charge in [0.15, 0.2) is 0 Å². The van der Waals surface area contributed by atoms with Crippen LogP contribution in [0.15, 0.2) is 30.3 Å². The van der Waals surface area contributed by atoms with E-state index in [0.717, 1.165) is 0 Å². The molecule has 0 amide bonds. The summed E-state index contributed by atoms with van der Waals surface area (Å²) >= 11 is 0. The van der Waals surface area contributed by atoms with Gasteiger partial charge in [-0.25, -0.2) is 4.79 Å². The second-order valence-electron chi connectivity index (χ2n) is 4.69. The maximum Gasteiger partial charge on any atom is 0.340 e. The maximum absolute atomic E-state index is 11.9. The largest absolute Gasteiger partial charge is 0.429 e. The zero-order valence-electron chi connectivity index (χ0n) is 11.1. The number of aliphatic hydroxyl groups is 3. The molecule has 1 unspecified atom stereocenters. The number of aliphatic hydroxyl groups excluding tert-OH is 3. The molecule has 0 aliphatic carbocycles. The number of benzene rings is 1. The predicted octanol–water partition coefficient (Wildman–Crippen LogP) is -1.89. The topological polar surface area (TPSA) is 134 Å². The quantitative estimate of drug-likeness (QED) is 0.247. The van der Waals surface area contributed by atoms with E-state index in [-0.39, 0.29) is 12.1 Å². The van der Waals surface area contributed by atoms with Crippen LogP contribution in [0.2, 0.25) is 0 Å². The third-order valence-electron chi connectivity index (χ3n) is 3.22. The number of hydrogen-bond acceptors (Lipinski definition) is 8. The first-order valence-corrected chi connectivity index (χ1v) is 6.43. The molecule has 8 heteroatoms. The Labute approximate surface area is 121 Å². The van der Waals surface area contributed by atoms with Crippen LogP contribution in [0, 0.1) is 0 Å². The van der Waals surface area contributed by atoms with Crippen molar-refractivity contribution in [1.29, 1.82) is 0 Å². The van der Waals surface area contributed by atoms with Crippen LogP contribution < -0.4 is 11.3 Å². The van der Waals surface area contributed by atoms with E-state index in [2.05, 4.69) is 5.43 Å². The first kappa shape index (κ1) is 15.8. The summed E-state index contributed by atoms with van der Waals surface area (Å²) < 4.78 is 10.3. The van der Waals surface area contributed by atoms with E-state index in [1.165, 1.54) is 0 Å². The van der Waals surface area contributed by atoms with E-state index >= 15 is 0 Å². The van der Waals surface area contributed by atoms with Gasteiger partial charge in [-0.2, -0.15) is 0 Å². The van der Waals surface area contributed by atoms with Crippen molar-refractivity contribution < 1.29 is 29.6 Å². The summed E-state index contributed by atoms with van der Waals surface area (Å²) in [6.07, 6.45) is -6.72. The van der Waals surface area contributed by atoms with Gasteiger partial charge in [0, 0.05) is 6.54 Å². The highest BCUT2D eigenvalue weighted by Crippen LogP contribution is 2.22. The highest BCUT2D eigenvalue weighted by Gasteiger charge is 2.45. The van der Waals surface area contributed by atoms with Crippen LogP contribution in [-0.2, 0) is 9.47 Å². The fourth-order valence-corrected chi connectivity index (χ4v) is 2.05. The van der Waals surface area contributed by atoms with E-state index in [1.54, 1.807) is 30.3 Å². The summed E-state index contributed by atoms with van der Waals surface area (Å²) in [6.45, 7) is 0.0182. The van der Waals surface area contributed by atoms with Crippen molar-refractivity contribution >= 4 is 5.97 Å². The number of hydrogen-bond donors (Lipinski definition) is 5. The SMILES string of the molecule is NNC[C@H]1OC(OC(=O)c2ccccc2)[C@H](O)[C@@H](O)[C@@H]1O. The third-order valence-corrected chi connectivity index (χ3v) is 3.22. The Hall–Kier alpha value is -1.55. The molecule has 21 heavy (non-hydrogen) atoms. The second-order valence-corrected chi connectivity index (χ2v) is 4.69. The number of ether oxygens (including phenoxy) is 2. The fourth-order valence-electron chi connectivity index (χ4n) is 2.05. The zero-order chi connectivity index (χ0) is 15.4. The fraction of sp³-hybridized carbons (Fsp3) is 0.462. The molecule has 0 saturated carbocycles. The lowest BCUT2D eigenvalue weighted by Gasteiger charge is -2.39. The molecular formula is C13H18N2O6. The van der Waals surface area contributed by atoms with Crippen LogP contribution in [0.3, 0.4) is 0 Å².